The minimum Gasteiger partial charge on any atom is -0.381 e. The number of carbonyl (C=O) groups is 1. The summed E-state index contributed by atoms with van der Waals surface area (Å²) in [6.07, 6.45) is 15.8. The van der Waals surface area contributed by atoms with E-state index in [-0.39, 0.29) is 17.3 Å². The number of nitrogens with one attached hydrogen (secondary N) is 3. The zero-order valence-corrected chi connectivity index (χ0v) is 36.4. The molecule has 5 aliphatic rings. The van der Waals surface area contributed by atoms with Gasteiger partial charge in [-0.2, -0.15) is 5.10 Å². The van der Waals surface area contributed by atoms with Crippen molar-refractivity contribution < 1.29 is 22.9 Å². The molecule has 4 aromatic heterocycles. The van der Waals surface area contributed by atoms with Gasteiger partial charge in [-0.1, -0.05) is 24.3 Å². The van der Waals surface area contributed by atoms with Gasteiger partial charge in [0, 0.05) is 68.3 Å². The number of ether oxygens (including phenoxy) is 1. The number of carbonyl (C=O) groups excluding carboxylic acids is 1. The Bertz CT molecular complexity index is 2870. The fourth-order valence-corrected chi connectivity index (χ4v) is 11.9. The Labute approximate surface area is 371 Å². The van der Waals surface area contributed by atoms with Crippen LogP contribution in [0.1, 0.15) is 97.7 Å². The van der Waals surface area contributed by atoms with Crippen molar-refractivity contribution in [1.29, 1.82) is 0 Å². The summed E-state index contributed by atoms with van der Waals surface area (Å²) in [7, 11) is -4.61. The zero-order valence-electron chi connectivity index (χ0n) is 35.6. The van der Waals surface area contributed by atoms with Gasteiger partial charge in [-0.25, -0.2) is 27.8 Å². The van der Waals surface area contributed by atoms with E-state index in [0.29, 0.717) is 59.6 Å². The number of pyridine rings is 2. The minimum absolute atomic E-state index is 0.0402. The summed E-state index contributed by atoms with van der Waals surface area (Å²) >= 11 is 0. The lowest BCUT2D eigenvalue weighted by Gasteiger charge is -2.56. The molecule has 0 bridgehead atoms. The van der Waals surface area contributed by atoms with Gasteiger partial charge < -0.3 is 19.9 Å². The number of H-pyrrole nitrogens is 1. The van der Waals surface area contributed by atoms with Crippen LogP contribution in [0.5, 0.6) is 0 Å². The molecule has 5 fully saturated rings. The SMILES string of the molecule is O=C(NS(=O)(=O)c1cnc(NCC2CCOCC2)c([N+](=O)[O-])c1)c1ccc(N2CCC3(CC2)CC(N2CCC[C@@H]2c2ccccc2C2CC2)C3)cc1-n1ncc2nc3[nH]ccc3cc21. The minimum atomic E-state index is -4.61. The normalized spacial score (nSPS) is 20.8. The fraction of sp³-hybridized carbons (Fsp3) is 0.447. The van der Waals surface area contributed by atoms with E-state index in [0.717, 1.165) is 68.0 Å². The van der Waals surface area contributed by atoms with E-state index in [1.807, 2.05) is 24.3 Å². The summed E-state index contributed by atoms with van der Waals surface area (Å²) in [6, 6.07) is 20.5. The van der Waals surface area contributed by atoms with Gasteiger partial charge in [0.05, 0.1) is 34.1 Å². The molecule has 2 aromatic carbocycles. The monoisotopic (exact) mass is 884 g/mol. The number of likely N-dealkylation sites (tertiary alicyclic amines) is 1. The molecule has 3 aliphatic heterocycles. The molecule has 2 saturated carbocycles. The molecule has 332 valence electrons. The first-order valence-electron chi connectivity index (χ1n) is 22.7. The molecule has 64 heavy (non-hydrogen) atoms. The first kappa shape index (κ1) is 40.8. The van der Waals surface area contributed by atoms with Gasteiger partial charge in [0.1, 0.15) is 16.1 Å². The van der Waals surface area contributed by atoms with Crippen LogP contribution in [0, 0.1) is 21.4 Å². The molecule has 0 unspecified atom stereocenters. The number of hydrogen-bond acceptors (Lipinski definition) is 12. The summed E-state index contributed by atoms with van der Waals surface area (Å²) in [4.78, 5) is 42.3. The average Bonchev–Trinajstić information content (AvgIpc) is 3.63. The standard InChI is InChI=1S/C47H52N10O6S/c58-46(53-64(61,62)35-24-43(57(59)60)45(50-28-35)49-27-30-12-20-63-21-13-30)38-10-9-33(23-41(38)56-42-22-32-11-16-48-44(32)52-39(42)29-51-56)54-18-14-47(15-19-54)25-34(26-47)55-17-3-6-40(55)37-5-2-1-4-36(37)31-7-8-31/h1-2,4-5,9-11,16,22-24,28-31,34,40H,3,6-8,12-15,17-21,25-27H2,(H,48,52)(H,49,50)(H,53,58)/t40-/m1/s1. The van der Waals surface area contributed by atoms with Crippen LogP contribution in [0.15, 0.2) is 84.1 Å². The number of hydrogen-bond donors (Lipinski definition) is 3. The molecule has 3 N–H and O–H groups in total. The summed E-state index contributed by atoms with van der Waals surface area (Å²) < 4.78 is 36.8. The lowest BCUT2D eigenvalue weighted by atomic mass is 9.59. The van der Waals surface area contributed by atoms with Crippen LogP contribution >= 0.6 is 0 Å². The third kappa shape index (κ3) is 7.66. The van der Waals surface area contributed by atoms with E-state index >= 15 is 0 Å². The van der Waals surface area contributed by atoms with Crippen LogP contribution in [-0.2, 0) is 14.8 Å². The Morgan fingerprint density at radius 3 is 2.53 bits per heavy atom. The summed E-state index contributed by atoms with van der Waals surface area (Å²) in [5, 5.41) is 20.7. The highest BCUT2D eigenvalue weighted by molar-refractivity contribution is 7.90. The van der Waals surface area contributed by atoms with Crippen LogP contribution in [0.2, 0.25) is 0 Å². The van der Waals surface area contributed by atoms with Crippen LogP contribution < -0.4 is 14.9 Å². The Hall–Kier alpha value is -5.91. The van der Waals surface area contributed by atoms with Gasteiger partial charge in [-0.3, -0.25) is 19.8 Å². The van der Waals surface area contributed by atoms with E-state index in [9.17, 15) is 23.3 Å². The van der Waals surface area contributed by atoms with E-state index in [4.69, 9.17) is 9.72 Å². The number of benzene rings is 2. The van der Waals surface area contributed by atoms with E-state index in [1.54, 1.807) is 34.3 Å². The van der Waals surface area contributed by atoms with Gasteiger partial charge in [-0.05, 0) is 129 Å². The molecule has 11 rings (SSSR count). The molecule has 2 aliphatic carbocycles. The highest BCUT2D eigenvalue weighted by atomic mass is 32.2. The number of rotatable bonds is 12. The van der Waals surface area contributed by atoms with Gasteiger partial charge in [0.15, 0.2) is 0 Å². The van der Waals surface area contributed by atoms with Gasteiger partial charge >= 0.3 is 5.69 Å². The predicted octanol–water partition coefficient (Wildman–Crippen LogP) is 7.63. The number of aromatic nitrogens is 5. The fourth-order valence-electron chi connectivity index (χ4n) is 10.9. The number of nitrogens with zero attached hydrogens (tertiary/aromatic N) is 7. The van der Waals surface area contributed by atoms with Crippen molar-refractivity contribution in [2.24, 2.45) is 11.3 Å². The van der Waals surface area contributed by atoms with Gasteiger partial charge in [0.2, 0.25) is 5.82 Å². The van der Waals surface area contributed by atoms with Crippen LogP contribution in [-0.4, -0.2) is 94.3 Å². The zero-order chi connectivity index (χ0) is 43.6. The first-order chi connectivity index (χ1) is 31.1. The predicted molar refractivity (Wildman–Crippen MR) is 242 cm³/mol. The number of piperidine rings is 1. The van der Waals surface area contributed by atoms with Crippen molar-refractivity contribution in [2.75, 3.05) is 49.6 Å². The smallest absolute Gasteiger partial charge is 0.312 e. The Morgan fingerprint density at radius 2 is 1.75 bits per heavy atom. The maximum Gasteiger partial charge on any atom is 0.312 e. The third-order valence-corrected chi connectivity index (χ3v) is 16.0. The van der Waals surface area contributed by atoms with E-state index in [1.165, 1.54) is 45.1 Å². The second kappa shape index (κ2) is 16.3. The quantitative estimate of drug-likeness (QED) is 0.0805. The largest absolute Gasteiger partial charge is 0.381 e. The Morgan fingerprint density at radius 1 is 0.953 bits per heavy atom. The lowest BCUT2D eigenvalue weighted by Crippen LogP contribution is -2.55. The summed E-state index contributed by atoms with van der Waals surface area (Å²) in [5.41, 5.74) is 6.22. The molecule has 7 heterocycles. The number of fused-ring (bicyclic) bond motifs is 2. The third-order valence-electron chi connectivity index (χ3n) is 14.7. The molecule has 16 nitrogen and oxygen atoms in total. The molecule has 3 saturated heterocycles. The molecule has 6 aromatic rings. The molecule has 1 atom stereocenters. The number of aromatic amines is 1. The highest BCUT2D eigenvalue weighted by Gasteiger charge is 2.50. The maximum atomic E-state index is 14.2. The second-order valence-electron chi connectivity index (χ2n) is 18.6. The average molecular weight is 885 g/mol. The molecule has 0 radical (unpaired) electrons. The maximum absolute atomic E-state index is 14.2. The topological polar surface area (TPSA) is 194 Å². The Balaban J connectivity index is 0.831. The number of anilines is 2. The van der Waals surface area contributed by atoms with Crippen molar-refractivity contribution in [1.82, 2.24) is 34.4 Å². The van der Waals surface area contributed by atoms with Gasteiger partial charge in [0.25, 0.3) is 15.9 Å². The molecule has 1 spiro atoms. The van der Waals surface area contributed by atoms with Crippen molar-refractivity contribution >= 4 is 55.2 Å². The number of sulfonamides is 1. The lowest BCUT2D eigenvalue weighted by molar-refractivity contribution is -0.384. The Kier molecular flexibility index (Phi) is 10.4. The first-order valence-corrected chi connectivity index (χ1v) is 24.2. The van der Waals surface area contributed by atoms with Crippen molar-refractivity contribution in [3.63, 3.8) is 0 Å². The summed E-state index contributed by atoms with van der Waals surface area (Å²) in [6.45, 7) is 4.55. The van der Waals surface area contributed by atoms with Crippen LogP contribution in [0.4, 0.5) is 17.2 Å². The van der Waals surface area contributed by atoms with E-state index < -0.39 is 31.4 Å². The van der Waals surface area contributed by atoms with Crippen LogP contribution in [0.3, 0.4) is 0 Å². The van der Waals surface area contributed by atoms with Crippen molar-refractivity contribution in [3.8, 4) is 5.69 Å². The molecule has 1 amide bonds. The summed E-state index contributed by atoms with van der Waals surface area (Å²) in [5.74, 6) is 0.0318. The van der Waals surface area contributed by atoms with Crippen LogP contribution in [0.25, 0.3) is 27.8 Å². The van der Waals surface area contributed by atoms with E-state index in [2.05, 4.69) is 59.2 Å². The molecule has 17 heteroatoms. The molecular formula is C47H52N10O6S. The second-order valence-corrected chi connectivity index (χ2v) is 20.3. The highest BCUT2D eigenvalue weighted by Crippen LogP contribution is 2.55. The van der Waals surface area contributed by atoms with Gasteiger partial charge in [-0.15, -0.1) is 0 Å². The number of amides is 1. The van der Waals surface area contributed by atoms with Crippen molar-refractivity contribution in [2.45, 2.75) is 87.1 Å². The number of nitro groups is 1. The molecular weight excluding hydrogens is 833 g/mol. The van der Waals surface area contributed by atoms with Crippen molar-refractivity contribution in [3.05, 3.63) is 106 Å².